The molecule has 3 aromatic heterocycles. The minimum absolute atomic E-state index is 0.0224. The highest BCUT2D eigenvalue weighted by Gasteiger charge is 2.32. The van der Waals surface area contributed by atoms with Crippen LogP contribution in [0.25, 0.3) is 44.9 Å². The summed E-state index contributed by atoms with van der Waals surface area (Å²) < 4.78 is 59.3. The molecular formula is C30H25F3N4O5. The third-order valence-corrected chi connectivity index (χ3v) is 7.16. The van der Waals surface area contributed by atoms with Crippen LogP contribution in [-0.4, -0.2) is 46.2 Å². The molecule has 3 heterocycles. The van der Waals surface area contributed by atoms with Crippen LogP contribution in [0.15, 0.2) is 59.3 Å². The first-order valence-corrected chi connectivity index (χ1v) is 13.3. The van der Waals surface area contributed by atoms with E-state index in [1.807, 2.05) is 18.2 Å². The van der Waals surface area contributed by atoms with Crippen LogP contribution in [0.5, 0.6) is 11.6 Å². The Kier molecular flexibility index (Phi) is 7.05. The highest BCUT2D eigenvalue weighted by atomic mass is 19.4. The fourth-order valence-electron chi connectivity index (χ4n) is 5.33. The Morgan fingerprint density at radius 1 is 1.07 bits per heavy atom. The number of halogens is 3. The molecule has 1 unspecified atom stereocenters. The minimum Gasteiger partial charge on any atom is -0.481 e. The molecule has 0 aliphatic heterocycles. The summed E-state index contributed by atoms with van der Waals surface area (Å²) in [5.41, 5.74) is 4.96. The number of H-pyrrole nitrogens is 1. The quantitative estimate of drug-likeness (QED) is 0.199. The van der Waals surface area contributed by atoms with Crippen LogP contribution in [0.3, 0.4) is 0 Å². The normalized spacial score (nSPS) is 14.6. The average Bonchev–Trinajstić information content (AvgIpc) is 3.69. The smallest absolute Gasteiger partial charge is 0.481 e. The number of hydrogen-bond acceptors (Lipinski definition) is 8. The minimum atomic E-state index is -4.89. The van der Waals surface area contributed by atoms with Crippen LogP contribution in [0.4, 0.5) is 13.2 Å². The lowest BCUT2D eigenvalue weighted by molar-refractivity contribution is -0.274. The molecule has 5 aromatic rings. The number of pyridine rings is 1. The number of nitrogens with one attached hydrogen (secondary N) is 1. The second-order valence-corrected chi connectivity index (χ2v) is 9.83. The van der Waals surface area contributed by atoms with Crippen LogP contribution < -0.4 is 9.47 Å². The average molecular weight is 579 g/mol. The monoisotopic (exact) mass is 578 g/mol. The van der Waals surface area contributed by atoms with Gasteiger partial charge in [-0.1, -0.05) is 5.16 Å². The summed E-state index contributed by atoms with van der Waals surface area (Å²) in [6, 6.07) is 13.0. The third-order valence-electron chi connectivity index (χ3n) is 7.16. The van der Waals surface area contributed by atoms with Crippen LogP contribution in [0.1, 0.15) is 36.9 Å². The zero-order valence-corrected chi connectivity index (χ0v) is 22.6. The Morgan fingerprint density at radius 2 is 1.88 bits per heavy atom. The van der Waals surface area contributed by atoms with Gasteiger partial charge in [0.2, 0.25) is 11.7 Å². The molecule has 1 N–H and O–H groups in total. The summed E-state index contributed by atoms with van der Waals surface area (Å²) >= 11 is 0. The summed E-state index contributed by atoms with van der Waals surface area (Å²) in [6.07, 6.45) is -1.43. The van der Waals surface area contributed by atoms with Crippen molar-refractivity contribution in [1.82, 2.24) is 20.1 Å². The lowest BCUT2D eigenvalue weighted by Gasteiger charge is -2.12. The molecule has 9 nitrogen and oxygen atoms in total. The molecule has 2 aromatic carbocycles. The van der Waals surface area contributed by atoms with E-state index >= 15 is 0 Å². The van der Waals surface area contributed by atoms with Gasteiger partial charge in [-0.25, -0.2) is 4.98 Å². The molecule has 0 saturated heterocycles. The lowest BCUT2D eigenvalue weighted by atomic mass is 10.0. The van der Waals surface area contributed by atoms with E-state index in [0.29, 0.717) is 35.6 Å². The predicted octanol–water partition coefficient (Wildman–Crippen LogP) is 6.84. The van der Waals surface area contributed by atoms with Gasteiger partial charge in [0.15, 0.2) is 0 Å². The number of aromatic nitrogens is 4. The Balaban J connectivity index is 1.33. The van der Waals surface area contributed by atoms with Crippen LogP contribution >= 0.6 is 0 Å². The number of carbonyl (C=O) groups excluding carboxylic acids is 1. The van der Waals surface area contributed by atoms with Gasteiger partial charge in [0, 0.05) is 51.5 Å². The molecule has 1 atom stereocenters. The number of benzene rings is 2. The zero-order chi connectivity index (χ0) is 29.4. The van der Waals surface area contributed by atoms with Crippen LogP contribution in [0, 0.1) is 0 Å². The van der Waals surface area contributed by atoms with Crippen molar-refractivity contribution in [2.45, 2.75) is 38.5 Å². The summed E-state index contributed by atoms with van der Waals surface area (Å²) in [4.78, 5) is 24.1. The largest absolute Gasteiger partial charge is 0.573 e. The van der Waals surface area contributed by atoms with Gasteiger partial charge in [-0.2, -0.15) is 4.98 Å². The fraction of sp³-hybridized carbons (Fsp3) is 0.267. The van der Waals surface area contributed by atoms with E-state index in [1.54, 1.807) is 25.1 Å². The van der Waals surface area contributed by atoms with Gasteiger partial charge < -0.3 is 23.7 Å². The number of aryl methyl sites for hydroxylation is 1. The Morgan fingerprint density at radius 3 is 2.62 bits per heavy atom. The maximum Gasteiger partial charge on any atom is 0.573 e. The number of fused-ring (bicyclic) bond motifs is 3. The molecule has 1 aliphatic rings. The van der Waals surface area contributed by atoms with Crippen LogP contribution in [0.2, 0.25) is 0 Å². The van der Waals surface area contributed by atoms with Crippen molar-refractivity contribution in [1.29, 1.82) is 0 Å². The SMILES string of the molecule is CCOC(=O)CC1CCc2c1[nH]c1ccc(-c3noc(-c4cc(OC(F)(F)F)cc(-c5ccc(OC)nc5)c4)n3)cc21. The molecule has 0 bridgehead atoms. The van der Waals surface area contributed by atoms with E-state index in [9.17, 15) is 18.0 Å². The van der Waals surface area contributed by atoms with E-state index in [-0.39, 0.29) is 29.2 Å². The number of hydrogen-bond donors (Lipinski definition) is 1. The van der Waals surface area contributed by atoms with Crippen molar-refractivity contribution in [3.8, 4) is 45.6 Å². The first-order chi connectivity index (χ1) is 20.2. The van der Waals surface area contributed by atoms with Crippen molar-refractivity contribution >= 4 is 16.9 Å². The summed E-state index contributed by atoms with van der Waals surface area (Å²) in [5, 5.41) is 5.10. The van der Waals surface area contributed by atoms with Gasteiger partial charge in [-0.3, -0.25) is 4.79 Å². The molecular weight excluding hydrogens is 553 g/mol. The maximum absolute atomic E-state index is 13.1. The summed E-state index contributed by atoms with van der Waals surface area (Å²) in [6.45, 7) is 2.14. The topological polar surface area (TPSA) is 112 Å². The molecule has 12 heteroatoms. The second kappa shape index (κ2) is 10.8. The number of alkyl halides is 3. The molecule has 0 radical (unpaired) electrons. The molecule has 0 saturated carbocycles. The summed E-state index contributed by atoms with van der Waals surface area (Å²) in [7, 11) is 1.47. The van der Waals surface area contributed by atoms with Gasteiger partial charge in [0.05, 0.1) is 20.1 Å². The molecule has 0 fully saturated rings. The van der Waals surface area contributed by atoms with Gasteiger partial charge in [0.1, 0.15) is 5.75 Å². The van der Waals surface area contributed by atoms with Gasteiger partial charge in [-0.05, 0) is 73.4 Å². The molecule has 1 aliphatic carbocycles. The third kappa shape index (κ3) is 5.52. The first-order valence-electron chi connectivity index (χ1n) is 13.3. The highest BCUT2D eigenvalue weighted by molar-refractivity contribution is 5.89. The van der Waals surface area contributed by atoms with Crippen molar-refractivity contribution in [2.75, 3.05) is 13.7 Å². The fourth-order valence-corrected chi connectivity index (χ4v) is 5.33. The molecule has 0 amide bonds. The lowest BCUT2D eigenvalue weighted by Crippen LogP contribution is -2.17. The Labute approximate surface area is 237 Å². The molecule has 42 heavy (non-hydrogen) atoms. The number of ether oxygens (including phenoxy) is 3. The Bertz CT molecular complexity index is 1760. The molecule has 216 valence electrons. The van der Waals surface area contributed by atoms with E-state index < -0.39 is 12.1 Å². The number of esters is 1. The van der Waals surface area contributed by atoms with Gasteiger partial charge in [0.25, 0.3) is 5.89 Å². The van der Waals surface area contributed by atoms with Crippen molar-refractivity contribution < 1.29 is 36.7 Å². The standard InChI is InChI=1S/C30H25F3N4O5/c1-3-40-26(38)14-16-4-7-22-23-13-17(5-8-24(23)35-27(16)22)28-36-29(42-37-28)20-10-19(11-21(12-20)41-30(31,32)33)18-6-9-25(39-2)34-15-18/h5-6,8-13,15-16,35H,3-4,7,14H2,1-2H3. The Hall–Kier alpha value is -4.87. The maximum atomic E-state index is 13.1. The number of aromatic amines is 1. The zero-order valence-electron chi connectivity index (χ0n) is 22.6. The van der Waals surface area contributed by atoms with E-state index in [2.05, 4.69) is 24.8 Å². The number of rotatable bonds is 8. The highest BCUT2D eigenvalue weighted by Crippen LogP contribution is 2.41. The van der Waals surface area contributed by atoms with Gasteiger partial charge in [-0.15, -0.1) is 13.2 Å². The van der Waals surface area contributed by atoms with E-state index in [4.69, 9.17) is 14.0 Å². The van der Waals surface area contributed by atoms with Crippen LogP contribution in [-0.2, 0) is 16.0 Å². The predicted molar refractivity (Wildman–Crippen MR) is 146 cm³/mol. The van der Waals surface area contributed by atoms with E-state index in [0.717, 1.165) is 35.0 Å². The van der Waals surface area contributed by atoms with E-state index in [1.165, 1.54) is 25.4 Å². The van der Waals surface area contributed by atoms with Crippen molar-refractivity contribution in [3.05, 3.63) is 66.0 Å². The number of methoxy groups -OCH3 is 1. The van der Waals surface area contributed by atoms with Crippen molar-refractivity contribution in [2.24, 2.45) is 0 Å². The number of nitrogens with zero attached hydrogens (tertiary/aromatic N) is 3. The molecule has 6 rings (SSSR count). The molecule has 0 spiro atoms. The second-order valence-electron chi connectivity index (χ2n) is 9.83. The van der Waals surface area contributed by atoms with Gasteiger partial charge >= 0.3 is 12.3 Å². The summed E-state index contributed by atoms with van der Waals surface area (Å²) in [5.74, 6) is 0.0695. The number of carbonyl (C=O) groups is 1. The van der Waals surface area contributed by atoms with Crippen molar-refractivity contribution in [3.63, 3.8) is 0 Å². The first kappa shape index (κ1) is 27.3.